The first-order chi connectivity index (χ1) is 8.71. The van der Waals surface area contributed by atoms with Gasteiger partial charge in [0.2, 0.25) is 0 Å². The molecule has 0 aliphatic heterocycles. The number of benzene rings is 1. The van der Waals surface area contributed by atoms with Crippen molar-refractivity contribution in [3.63, 3.8) is 0 Å². The highest BCUT2D eigenvalue weighted by Crippen LogP contribution is 2.24. The van der Waals surface area contributed by atoms with Crippen molar-refractivity contribution in [3.8, 4) is 5.75 Å². The molecule has 4 nitrogen and oxygen atoms in total. The summed E-state index contributed by atoms with van der Waals surface area (Å²) >= 11 is 0. The van der Waals surface area contributed by atoms with Crippen LogP contribution in [0.5, 0.6) is 5.75 Å². The van der Waals surface area contributed by atoms with Crippen LogP contribution in [0.2, 0.25) is 0 Å². The van der Waals surface area contributed by atoms with E-state index in [1.165, 1.54) is 5.52 Å². The van der Waals surface area contributed by atoms with Gasteiger partial charge in [0.05, 0.1) is 24.2 Å². The summed E-state index contributed by atoms with van der Waals surface area (Å²) in [5, 5.41) is 3.25. The molecule has 1 atom stereocenters. The molecule has 1 unspecified atom stereocenters. The Hall–Kier alpha value is -1.55. The Labute approximate surface area is 108 Å². The van der Waals surface area contributed by atoms with E-state index in [1.54, 1.807) is 7.11 Å². The molecule has 0 saturated carbocycles. The number of nitrogens with zero attached hydrogens (tertiary/aromatic N) is 2. The lowest BCUT2D eigenvalue weighted by molar-refractivity contribution is 0.415. The zero-order valence-electron chi connectivity index (χ0n) is 11.5. The standard InChI is InChI=1S/C14H21N3O/c1-5-8-17-13-7-6-11(18-4)9-12(13)16-14(17)10(2)15-3/h6-7,9-10,15H,5,8H2,1-4H3. The van der Waals surface area contributed by atoms with Crippen LogP contribution < -0.4 is 10.1 Å². The maximum Gasteiger partial charge on any atom is 0.126 e. The molecule has 2 aromatic rings. The molecule has 2 rings (SSSR count). The van der Waals surface area contributed by atoms with Crippen molar-refractivity contribution in [1.82, 2.24) is 14.9 Å². The van der Waals surface area contributed by atoms with Gasteiger partial charge in [0.15, 0.2) is 0 Å². The molecule has 1 aromatic heterocycles. The quantitative estimate of drug-likeness (QED) is 0.883. The third kappa shape index (κ3) is 2.20. The van der Waals surface area contributed by atoms with Crippen molar-refractivity contribution in [1.29, 1.82) is 0 Å². The van der Waals surface area contributed by atoms with Gasteiger partial charge < -0.3 is 14.6 Å². The highest BCUT2D eigenvalue weighted by Gasteiger charge is 2.15. The van der Waals surface area contributed by atoms with Crippen LogP contribution in [0.15, 0.2) is 18.2 Å². The summed E-state index contributed by atoms with van der Waals surface area (Å²) in [7, 11) is 3.64. The summed E-state index contributed by atoms with van der Waals surface area (Å²) in [6.07, 6.45) is 1.10. The van der Waals surface area contributed by atoms with Gasteiger partial charge in [-0.25, -0.2) is 4.98 Å². The minimum atomic E-state index is 0.245. The summed E-state index contributed by atoms with van der Waals surface area (Å²) in [6, 6.07) is 6.31. The molecule has 0 fully saturated rings. The van der Waals surface area contributed by atoms with Crippen LogP contribution in [0.25, 0.3) is 11.0 Å². The van der Waals surface area contributed by atoms with Crippen LogP contribution in [0.1, 0.15) is 32.1 Å². The van der Waals surface area contributed by atoms with E-state index in [2.05, 4.69) is 29.8 Å². The van der Waals surface area contributed by atoms with Crippen LogP contribution in [0, 0.1) is 0 Å². The number of aromatic nitrogens is 2. The number of imidazole rings is 1. The van der Waals surface area contributed by atoms with Crippen molar-refractivity contribution in [2.75, 3.05) is 14.2 Å². The summed E-state index contributed by atoms with van der Waals surface area (Å²) < 4.78 is 7.54. The van der Waals surface area contributed by atoms with Gasteiger partial charge in [0.25, 0.3) is 0 Å². The van der Waals surface area contributed by atoms with E-state index in [4.69, 9.17) is 9.72 Å². The normalized spacial score (nSPS) is 12.9. The third-order valence-corrected chi connectivity index (χ3v) is 3.25. The molecular formula is C14H21N3O. The van der Waals surface area contributed by atoms with Crippen LogP contribution in [-0.4, -0.2) is 23.7 Å². The molecule has 0 saturated heterocycles. The Kier molecular flexibility index (Phi) is 3.87. The van der Waals surface area contributed by atoms with Crippen molar-refractivity contribution >= 4 is 11.0 Å². The summed E-state index contributed by atoms with van der Waals surface area (Å²) in [5.41, 5.74) is 2.18. The summed E-state index contributed by atoms with van der Waals surface area (Å²) in [4.78, 5) is 4.73. The smallest absolute Gasteiger partial charge is 0.126 e. The second kappa shape index (κ2) is 5.40. The number of rotatable bonds is 5. The molecule has 1 heterocycles. The number of fused-ring (bicyclic) bond motifs is 1. The van der Waals surface area contributed by atoms with Crippen LogP contribution in [0.3, 0.4) is 0 Å². The van der Waals surface area contributed by atoms with Crippen LogP contribution >= 0.6 is 0 Å². The van der Waals surface area contributed by atoms with E-state index in [1.807, 2.05) is 19.2 Å². The predicted molar refractivity (Wildman–Crippen MR) is 74.1 cm³/mol. The maximum absolute atomic E-state index is 5.25. The second-order valence-corrected chi connectivity index (χ2v) is 4.49. The fraction of sp³-hybridized carbons (Fsp3) is 0.500. The molecule has 0 amide bonds. The van der Waals surface area contributed by atoms with Crippen molar-refractivity contribution in [2.45, 2.75) is 32.9 Å². The van der Waals surface area contributed by atoms with Crippen molar-refractivity contribution < 1.29 is 4.74 Å². The molecule has 1 N–H and O–H groups in total. The van der Waals surface area contributed by atoms with E-state index < -0.39 is 0 Å². The lowest BCUT2D eigenvalue weighted by atomic mass is 10.3. The molecule has 0 spiro atoms. The Bertz CT molecular complexity index is 533. The molecule has 98 valence electrons. The number of hydrogen-bond acceptors (Lipinski definition) is 3. The zero-order chi connectivity index (χ0) is 13.1. The Morgan fingerprint density at radius 1 is 1.44 bits per heavy atom. The number of aryl methyl sites for hydroxylation is 1. The number of nitrogens with one attached hydrogen (secondary N) is 1. The topological polar surface area (TPSA) is 39.1 Å². The van der Waals surface area contributed by atoms with Gasteiger partial charge in [-0.2, -0.15) is 0 Å². The lowest BCUT2D eigenvalue weighted by Crippen LogP contribution is -2.17. The Balaban J connectivity index is 2.58. The largest absolute Gasteiger partial charge is 0.497 e. The van der Waals surface area contributed by atoms with Gasteiger partial charge in [0, 0.05) is 12.6 Å². The molecule has 0 bridgehead atoms. The summed E-state index contributed by atoms with van der Waals surface area (Å²) in [6.45, 7) is 5.30. The van der Waals surface area contributed by atoms with Crippen molar-refractivity contribution in [3.05, 3.63) is 24.0 Å². The Morgan fingerprint density at radius 2 is 2.22 bits per heavy atom. The highest BCUT2D eigenvalue weighted by molar-refractivity contribution is 5.78. The fourth-order valence-corrected chi connectivity index (χ4v) is 2.17. The first-order valence-electron chi connectivity index (χ1n) is 6.42. The van der Waals surface area contributed by atoms with E-state index in [0.29, 0.717) is 0 Å². The lowest BCUT2D eigenvalue weighted by Gasteiger charge is -2.13. The van der Waals surface area contributed by atoms with Gasteiger partial charge >= 0.3 is 0 Å². The maximum atomic E-state index is 5.25. The van der Waals surface area contributed by atoms with E-state index >= 15 is 0 Å². The minimum absolute atomic E-state index is 0.245. The molecule has 0 aliphatic carbocycles. The molecule has 0 aliphatic rings. The van der Waals surface area contributed by atoms with Gasteiger partial charge in [-0.1, -0.05) is 6.92 Å². The average Bonchev–Trinajstić information content (AvgIpc) is 2.76. The molecule has 4 heteroatoms. The number of hydrogen-bond donors (Lipinski definition) is 1. The zero-order valence-corrected chi connectivity index (χ0v) is 11.5. The van der Waals surface area contributed by atoms with E-state index in [0.717, 1.165) is 30.1 Å². The minimum Gasteiger partial charge on any atom is -0.497 e. The third-order valence-electron chi connectivity index (χ3n) is 3.25. The first-order valence-corrected chi connectivity index (χ1v) is 6.42. The SMILES string of the molecule is CCCn1c(C(C)NC)nc2cc(OC)ccc21. The first kappa shape index (κ1) is 12.9. The second-order valence-electron chi connectivity index (χ2n) is 4.49. The molecular weight excluding hydrogens is 226 g/mol. The average molecular weight is 247 g/mol. The predicted octanol–water partition coefficient (Wildman–Crippen LogP) is 2.74. The van der Waals surface area contributed by atoms with Crippen LogP contribution in [0.4, 0.5) is 0 Å². The molecule has 18 heavy (non-hydrogen) atoms. The molecule has 0 radical (unpaired) electrons. The van der Waals surface area contributed by atoms with Gasteiger partial charge in [0.1, 0.15) is 11.6 Å². The Morgan fingerprint density at radius 3 is 2.83 bits per heavy atom. The van der Waals surface area contributed by atoms with Gasteiger partial charge in [-0.05, 0) is 32.5 Å². The van der Waals surface area contributed by atoms with Gasteiger partial charge in [-0.3, -0.25) is 0 Å². The highest BCUT2D eigenvalue weighted by atomic mass is 16.5. The number of ether oxygens (including phenoxy) is 1. The van der Waals surface area contributed by atoms with Crippen LogP contribution in [-0.2, 0) is 6.54 Å². The van der Waals surface area contributed by atoms with Gasteiger partial charge in [-0.15, -0.1) is 0 Å². The summed E-state index contributed by atoms with van der Waals surface area (Å²) in [5.74, 6) is 1.94. The monoisotopic (exact) mass is 247 g/mol. The van der Waals surface area contributed by atoms with Crippen molar-refractivity contribution in [2.24, 2.45) is 0 Å². The van der Waals surface area contributed by atoms with E-state index in [9.17, 15) is 0 Å². The number of methoxy groups -OCH3 is 1. The molecule has 1 aromatic carbocycles. The fourth-order valence-electron chi connectivity index (χ4n) is 2.17. The van der Waals surface area contributed by atoms with E-state index in [-0.39, 0.29) is 6.04 Å².